The number of aliphatic hydroxyl groups is 1. The van der Waals surface area contributed by atoms with E-state index in [0.29, 0.717) is 12.3 Å². The first-order valence-corrected chi connectivity index (χ1v) is 6.05. The molecule has 0 spiro atoms. The minimum absolute atomic E-state index is 0.141. The molecule has 0 fully saturated rings. The number of hydrogen-bond acceptors (Lipinski definition) is 3. The van der Waals surface area contributed by atoms with Crippen LogP contribution in [0.4, 0.5) is 13.2 Å². The van der Waals surface area contributed by atoms with E-state index in [-0.39, 0.29) is 12.1 Å². The number of halogens is 3. The van der Waals surface area contributed by atoms with Gasteiger partial charge in [0, 0.05) is 6.54 Å². The van der Waals surface area contributed by atoms with Crippen LogP contribution in [0.3, 0.4) is 0 Å². The molecule has 1 heterocycles. The second-order valence-corrected chi connectivity index (χ2v) is 4.35. The zero-order valence-corrected chi connectivity index (χ0v) is 10.5. The molecule has 0 aliphatic heterocycles. The third kappa shape index (κ3) is 3.85. The number of nitrogens with one attached hydrogen (secondary N) is 1. The highest BCUT2D eigenvalue weighted by molar-refractivity contribution is 5.27. The van der Waals surface area contributed by atoms with Gasteiger partial charge in [-0.1, -0.05) is 12.1 Å². The highest BCUT2D eigenvalue weighted by Crippen LogP contribution is 2.30. The quantitative estimate of drug-likeness (QED) is 0.887. The van der Waals surface area contributed by atoms with Crippen LogP contribution in [0.1, 0.15) is 23.0 Å². The van der Waals surface area contributed by atoms with Crippen LogP contribution in [0.25, 0.3) is 0 Å². The summed E-state index contributed by atoms with van der Waals surface area (Å²) in [5.41, 5.74) is -0.535. The van der Waals surface area contributed by atoms with E-state index < -0.39 is 17.8 Å². The lowest BCUT2D eigenvalue weighted by molar-refractivity contribution is -0.137. The summed E-state index contributed by atoms with van der Waals surface area (Å²) in [4.78, 5) is 0. The van der Waals surface area contributed by atoms with Crippen molar-refractivity contribution in [1.82, 2.24) is 5.32 Å². The molecule has 0 bridgehead atoms. The normalized spacial score (nSPS) is 13.4. The predicted octanol–water partition coefficient (Wildman–Crippen LogP) is 3.12. The summed E-state index contributed by atoms with van der Waals surface area (Å²) in [5.74, 6) is 0.696. The Kier molecular flexibility index (Phi) is 4.46. The minimum Gasteiger partial charge on any atom is -0.468 e. The Morgan fingerprint density at radius 3 is 2.65 bits per heavy atom. The first-order valence-electron chi connectivity index (χ1n) is 6.05. The van der Waals surface area contributed by atoms with Gasteiger partial charge in [0.2, 0.25) is 0 Å². The average molecular weight is 285 g/mol. The molecule has 0 saturated carbocycles. The Morgan fingerprint density at radius 1 is 1.20 bits per heavy atom. The van der Waals surface area contributed by atoms with E-state index in [0.717, 1.165) is 12.1 Å². The lowest BCUT2D eigenvalue weighted by Gasteiger charge is -2.14. The summed E-state index contributed by atoms with van der Waals surface area (Å²) in [6, 6.07) is 8.19. The van der Waals surface area contributed by atoms with E-state index in [2.05, 4.69) is 5.32 Å². The molecule has 3 nitrogen and oxygen atoms in total. The summed E-state index contributed by atoms with van der Waals surface area (Å²) in [5, 5.41) is 12.8. The Morgan fingerprint density at radius 2 is 2.00 bits per heavy atom. The SMILES string of the molecule is OC(CNCc1ccco1)c1cccc(C(F)(F)F)c1. The Hall–Kier alpha value is -1.79. The van der Waals surface area contributed by atoms with E-state index in [1.165, 1.54) is 18.4 Å². The van der Waals surface area contributed by atoms with Crippen LogP contribution >= 0.6 is 0 Å². The van der Waals surface area contributed by atoms with Gasteiger partial charge < -0.3 is 14.8 Å². The third-order valence-electron chi connectivity index (χ3n) is 2.82. The second-order valence-electron chi connectivity index (χ2n) is 4.35. The molecule has 0 radical (unpaired) electrons. The van der Waals surface area contributed by atoms with Gasteiger partial charge in [-0.25, -0.2) is 0 Å². The Balaban J connectivity index is 1.93. The van der Waals surface area contributed by atoms with Crippen LogP contribution < -0.4 is 5.32 Å². The lowest BCUT2D eigenvalue weighted by Crippen LogP contribution is -2.21. The van der Waals surface area contributed by atoms with Crippen LogP contribution in [-0.4, -0.2) is 11.7 Å². The third-order valence-corrected chi connectivity index (χ3v) is 2.82. The maximum absolute atomic E-state index is 12.6. The largest absolute Gasteiger partial charge is 0.468 e. The summed E-state index contributed by atoms with van der Waals surface area (Å²) in [6.07, 6.45) is -3.88. The average Bonchev–Trinajstić information content (AvgIpc) is 2.91. The number of alkyl halides is 3. The van der Waals surface area contributed by atoms with Crippen molar-refractivity contribution >= 4 is 0 Å². The minimum atomic E-state index is -4.41. The molecule has 0 saturated heterocycles. The van der Waals surface area contributed by atoms with Gasteiger partial charge in [0.05, 0.1) is 24.5 Å². The highest BCUT2D eigenvalue weighted by Gasteiger charge is 2.30. The fourth-order valence-corrected chi connectivity index (χ4v) is 1.79. The zero-order valence-electron chi connectivity index (χ0n) is 10.5. The lowest BCUT2D eigenvalue weighted by atomic mass is 10.1. The van der Waals surface area contributed by atoms with E-state index in [4.69, 9.17) is 4.42 Å². The van der Waals surface area contributed by atoms with Gasteiger partial charge in [0.1, 0.15) is 5.76 Å². The van der Waals surface area contributed by atoms with Crippen molar-refractivity contribution in [2.45, 2.75) is 18.8 Å². The van der Waals surface area contributed by atoms with Crippen molar-refractivity contribution in [3.05, 3.63) is 59.5 Å². The first kappa shape index (κ1) is 14.6. The fraction of sp³-hybridized carbons (Fsp3) is 0.286. The van der Waals surface area contributed by atoms with Gasteiger partial charge in [-0.3, -0.25) is 0 Å². The zero-order chi connectivity index (χ0) is 14.6. The number of aliphatic hydroxyl groups excluding tert-OH is 1. The van der Waals surface area contributed by atoms with E-state index in [9.17, 15) is 18.3 Å². The first-order chi connectivity index (χ1) is 9.47. The maximum atomic E-state index is 12.6. The number of benzene rings is 1. The number of furan rings is 1. The van der Waals surface area contributed by atoms with E-state index >= 15 is 0 Å². The summed E-state index contributed by atoms with van der Waals surface area (Å²) < 4.78 is 42.8. The molecule has 1 unspecified atom stereocenters. The molecular weight excluding hydrogens is 271 g/mol. The number of rotatable bonds is 5. The van der Waals surface area contributed by atoms with Crippen molar-refractivity contribution < 1.29 is 22.7 Å². The van der Waals surface area contributed by atoms with Crippen molar-refractivity contribution in [2.24, 2.45) is 0 Å². The molecule has 6 heteroatoms. The van der Waals surface area contributed by atoms with Crippen LogP contribution in [0.5, 0.6) is 0 Å². The second kappa shape index (κ2) is 6.11. The van der Waals surface area contributed by atoms with Crippen LogP contribution in [-0.2, 0) is 12.7 Å². The van der Waals surface area contributed by atoms with Gasteiger partial charge in [-0.05, 0) is 29.8 Å². The monoisotopic (exact) mass is 285 g/mol. The van der Waals surface area contributed by atoms with Crippen molar-refractivity contribution in [3.63, 3.8) is 0 Å². The molecule has 0 aliphatic carbocycles. The summed E-state index contributed by atoms with van der Waals surface area (Å²) >= 11 is 0. The predicted molar refractivity (Wildman–Crippen MR) is 66.8 cm³/mol. The summed E-state index contributed by atoms with van der Waals surface area (Å²) in [7, 11) is 0. The highest BCUT2D eigenvalue weighted by atomic mass is 19.4. The van der Waals surface area contributed by atoms with Crippen LogP contribution in [0.15, 0.2) is 47.1 Å². The number of hydrogen-bond donors (Lipinski definition) is 2. The molecule has 2 rings (SSSR count). The smallest absolute Gasteiger partial charge is 0.416 e. The topological polar surface area (TPSA) is 45.4 Å². The standard InChI is InChI=1S/C14H14F3NO2/c15-14(16,17)11-4-1-3-10(7-11)13(19)9-18-8-12-5-2-6-20-12/h1-7,13,18-19H,8-9H2. The molecule has 0 amide bonds. The van der Waals surface area contributed by atoms with Crippen molar-refractivity contribution in [3.8, 4) is 0 Å². The van der Waals surface area contributed by atoms with Crippen LogP contribution in [0, 0.1) is 0 Å². The molecule has 1 aromatic heterocycles. The van der Waals surface area contributed by atoms with Gasteiger partial charge in [0.25, 0.3) is 0 Å². The Labute approximate surface area is 114 Å². The van der Waals surface area contributed by atoms with Gasteiger partial charge in [-0.2, -0.15) is 13.2 Å². The van der Waals surface area contributed by atoms with E-state index in [1.807, 2.05) is 0 Å². The maximum Gasteiger partial charge on any atom is 0.416 e. The van der Waals surface area contributed by atoms with Gasteiger partial charge in [0.15, 0.2) is 0 Å². The molecule has 1 atom stereocenters. The van der Waals surface area contributed by atoms with Crippen molar-refractivity contribution in [1.29, 1.82) is 0 Å². The summed E-state index contributed by atoms with van der Waals surface area (Å²) in [6.45, 7) is 0.547. The molecular formula is C14H14F3NO2. The molecule has 20 heavy (non-hydrogen) atoms. The molecule has 108 valence electrons. The molecule has 2 N–H and O–H groups in total. The van der Waals surface area contributed by atoms with Crippen LogP contribution in [0.2, 0.25) is 0 Å². The fourth-order valence-electron chi connectivity index (χ4n) is 1.79. The van der Waals surface area contributed by atoms with Crippen molar-refractivity contribution in [2.75, 3.05) is 6.54 Å². The molecule has 2 aromatic rings. The molecule has 1 aromatic carbocycles. The van der Waals surface area contributed by atoms with Gasteiger partial charge in [-0.15, -0.1) is 0 Å². The Bertz CT molecular complexity index is 538. The van der Waals surface area contributed by atoms with E-state index in [1.54, 1.807) is 12.1 Å². The molecule has 0 aliphatic rings. The van der Waals surface area contributed by atoms with Gasteiger partial charge >= 0.3 is 6.18 Å².